The molecule has 0 radical (unpaired) electrons. The van der Waals surface area contributed by atoms with Crippen LogP contribution in [0.2, 0.25) is 0 Å². The van der Waals surface area contributed by atoms with Gasteiger partial charge >= 0.3 is 12.0 Å². The molecule has 0 saturated heterocycles. The molecule has 1 rings (SSSR count). The Labute approximate surface area is 111 Å². The van der Waals surface area contributed by atoms with E-state index in [1.807, 2.05) is 6.07 Å². The zero-order chi connectivity index (χ0) is 14.5. The van der Waals surface area contributed by atoms with Crippen LogP contribution in [0.3, 0.4) is 0 Å². The van der Waals surface area contributed by atoms with Crippen LogP contribution in [-0.4, -0.2) is 29.8 Å². The highest BCUT2D eigenvalue weighted by Crippen LogP contribution is 2.12. The molecule has 6 heteroatoms. The summed E-state index contributed by atoms with van der Waals surface area (Å²) in [6, 6.07) is 6.56. The second-order valence-corrected chi connectivity index (χ2v) is 4.64. The highest BCUT2D eigenvalue weighted by Gasteiger charge is 2.28. The SMILES string of the molecule is COCc1cccc(NC(=O)NC(C)(C)C(=O)O)c1. The monoisotopic (exact) mass is 266 g/mol. The number of ether oxygens (including phenoxy) is 1. The van der Waals surface area contributed by atoms with Crippen molar-refractivity contribution in [3.63, 3.8) is 0 Å². The number of carboxylic acids is 1. The van der Waals surface area contributed by atoms with Crippen molar-refractivity contribution < 1.29 is 19.4 Å². The molecule has 0 saturated carbocycles. The number of benzene rings is 1. The number of carbonyl (C=O) groups excluding carboxylic acids is 1. The van der Waals surface area contributed by atoms with Gasteiger partial charge in [0.25, 0.3) is 0 Å². The van der Waals surface area contributed by atoms with Crippen molar-refractivity contribution in [3.8, 4) is 0 Å². The van der Waals surface area contributed by atoms with Crippen molar-refractivity contribution in [2.75, 3.05) is 12.4 Å². The maximum Gasteiger partial charge on any atom is 0.328 e. The smallest absolute Gasteiger partial charge is 0.328 e. The maximum atomic E-state index is 11.7. The number of urea groups is 1. The van der Waals surface area contributed by atoms with Crippen LogP contribution in [0, 0.1) is 0 Å². The summed E-state index contributed by atoms with van der Waals surface area (Å²) in [5, 5.41) is 13.9. The fraction of sp³-hybridized carbons (Fsp3) is 0.385. The van der Waals surface area contributed by atoms with Gasteiger partial charge in [-0.05, 0) is 31.5 Å². The molecule has 104 valence electrons. The van der Waals surface area contributed by atoms with E-state index >= 15 is 0 Å². The van der Waals surface area contributed by atoms with E-state index in [-0.39, 0.29) is 0 Å². The molecule has 0 spiro atoms. The van der Waals surface area contributed by atoms with E-state index in [9.17, 15) is 9.59 Å². The zero-order valence-electron chi connectivity index (χ0n) is 11.2. The van der Waals surface area contributed by atoms with E-state index in [1.165, 1.54) is 13.8 Å². The first kappa shape index (κ1) is 15.0. The molecule has 1 aromatic rings. The molecule has 1 aromatic carbocycles. The van der Waals surface area contributed by atoms with Gasteiger partial charge in [-0.1, -0.05) is 12.1 Å². The lowest BCUT2D eigenvalue weighted by Gasteiger charge is -2.21. The lowest BCUT2D eigenvalue weighted by Crippen LogP contribution is -2.51. The molecule has 2 amide bonds. The highest BCUT2D eigenvalue weighted by atomic mass is 16.5. The fourth-order valence-corrected chi connectivity index (χ4v) is 1.41. The molecule has 0 atom stereocenters. The van der Waals surface area contributed by atoms with Crippen LogP contribution in [0.15, 0.2) is 24.3 Å². The molecule has 3 N–H and O–H groups in total. The summed E-state index contributed by atoms with van der Waals surface area (Å²) in [4.78, 5) is 22.6. The van der Waals surface area contributed by atoms with Crippen molar-refractivity contribution in [1.82, 2.24) is 5.32 Å². The summed E-state index contributed by atoms with van der Waals surface area (Å²) < 4.78 is 4.99. The van der Waals surface area contributed by atoms with E-state index in [1.54, 1.807) is 25.3 Å². The third-order valence-corrected chi connectivity index (χ3v) is 2.46. The predicted octanol–water partition coefficient (Wildman–Crippen LogP) is 1.82. The summed E-state index contributed by atoms with van der Waals surface area (Å²) in [6.07, 6.45) is 0. The summed E-state index contributed by atoms with van der Waals surface area (Å²) in [6.45, 7) is 3.27. The second-order valence-electron chi connectivity index (χ2n) is 4.64. The molecule has 0 heterocycles. The molecular weight excluding hydrogens is 248 g/mol. The topological polar surface area (TPSA) is 87.7 Å². The van der Waals surface area contributed by atoms with E-state index < -0.39 is 17.5 Å². The van der Waals surface area contributed by atoms with Crippen LogP contribution in [0.4, 0.5) is 10.5 Å². The molecule has 19 heavy (non-hydrogen) atoms. The van der Waals surface area contributed by atoms with E-state index in [4.69, 9.17) is 9.84 Å². The average Bonchev–Trinajstić information content (AvgIpc) is 2.28. The summed E-state index contributed by atoms with van der Waals surface area (Å²) >= 11 is 0. The second kappa shape index (κ2) is 6.19. The minimum atomic E-state index is -1.33. The Morgan fingerprint density at radius 1 is 1.37 bits per heavy atom. The van der Waals surface area contributed by atoms with Crippen LogP contribution in [0.5, 0.6) is 0 Å². The Morgan fingerprint density at radius 3 is 2.63 bits per heavy atom. The molecule has 0 aliphatic heterocycles. The molecular formula is C13H18N2O4. The molecule has 0 aliphatic carbocycles. The predicted molar refractivity (Wildman–Crippen MR) is 71.0 cm³/mol. The number of rotatable bonds is 5. The molecule has 0 bridgehead atoms. The van der Waals surface area contributed by atoms with Crippen LogP contribution in [-0.2, 0) is 16.1 Å². The Kier molecular flexibility index (Phi) is 4.88. The third kappa shape index (κ3) is 4.59. The summed E-state index contributed by atoms with van der Waals surface area (Å²) in [5.74, 6) is -1.10. The van der Waals surface area contributed by atoms with Crippen molar-refractivity contribution in [2.24, 2.45) is 0 Å². The number of amides is 2. The number of carboxylic acid groups (broad SMARTS) is 1. The fourth-order valence-electron chi connectivity index (χ4n) is 1.41. The Morgan fingerprint density at radius 2 is 2.05 bits per heavy atom. The lowest BCUT2D eigenvalue weighted by atomic mass is 10.1. The quantitative estimate of drug-likeness (QED) is 0.758. The molecule has 0 aliphatic rings. The Balaban J connectivity index is 2.67. The van der Waals surface area contributed by atoms with Crippen LogP contribution >= 0.6 is 0 Å². The van der Waals surface area contributed by atoms with Gasteiger partial charge in [0.05, 0.1) is 6.61 Å². The van der Waals surface area contributed by atoms with E-state index in [0.29, 0.717) is 12.3 Å². The number of hydrogen-bond acceptors (Lipinski definition) is 3. The molecule has 6 nitrogen and oxygen atoms in total. The lowest BCUT2D eigenvalue weighted by molar-refractivity contribution is -0.142. The standard InChI is InChI=1S/C13H18N2O4/c1-13(2,11(16)17)15-12(18)14-10-6-4-5-9(7-10)8-19-3/h4-7H,8H2,1-3H3,(H,16,17)(H2,14,15,18). The van der Waals surface area contributed by atoms with Gasteiger partial charge < -0.3 is 20.5 Å². The van der Waals surface area contributed by atoms with Crippen LogP contribution in [0.1, 0.15) is 19.4 Å². The van der Waals surface area contributed by atoms with Crippen molar-refractivity contribution >= 4 is 17.7 Å². The first-order valence-electron chi connectivity index (χ1n) is 5.75. The number of carbonyl (C=O) groups is 2. The normalized spacial score (nSPS) is 10.9. The van der Waals surface area contributed by atoms with Gasteiger partial charge in [-0.3, -0.25) is 0 Å². The van der Waals surface area contributed by atoms with Crippen molar-refractivity contribution in [2.45, 2.75) is 26.0 Å². The third-order valence-electron chi connectivity index (χ3n) is 2.46. The van der Waals surface area contributed by atoms with Crippen LogP contribution in [0.25, 0.3) is 0 Å². The Bertz CT molecular complexity index is 471. The largest absolute Gasteiger partial charge is 0.480 e. The summed E-state index contributed by atoms with van der Waals surface area (Å²) in [7, 11) is 1.59. The number of methoxy groups -OCH3 is 1. The number of nitrogens with one attached hydrogen (secondary N) is 2. The van der Waals surface area contributed by atoms with E-state index in [0.717, 1.165) is 5.56 Å². The Hall–Kier alpha value is -2.08. The van der Waals surface area contributed by atoms with E-state index in [2.05, 4.69) is 10.6 Å². The first-order valence-corrected chi connectivity index (χ1v) is 5.75. The minimum absolute atomic E-state index is 0.442. The van der Waals surface area contributed by atoms with Crippen molar-refractivity contribution in [1.29, 1.82) is 0 Å². The minimum Gasteiger partial charge on any atom is -0.480 e. The van der Waals surface area contributed by atoms with Gasteiger partial charge in [0.2, 0.25) is 0 Å². The number of hydrogen-bond donors (Lipinski definition) is 3. The van der Waals surface area contributed by atoms with Gasteiger partial charge in [0, 0.05) is 12.8 Å². The highest BCUT2D eigenvalue weighted by molar-refractivity contribution is 5.93. The molecule has 0 unspecified atom stereocenters. The van der Waals surface area contributed by atoms with Gasteiger partial charge in [-0.25, -0.2) is 9.59 Å². The van der Waals surface area contributed by atoms with Gasteiger partial charge in [0.1, 0.15) is 5.54 Å². The first-order chi connectivity index (χ1) is 8.85. The van der Waals surface area contributed by atoms with Gasteiger partial charge in [0.15, 0.2) is 0 Å². The molecule has 0 aromatic heterocycles. The summed E-state index contributed by atoms with van der Waals surface area (Å²) in [5.41, 5.74) is 0.167. The maximum absolute atomic E-state index is 11.7. The van der Waals surface area contributed by atoms with Crippen LogP contribution < -0.4 is 10.6 Å². The zero-order valence-corrected chi connectivity index (χ0v) is 11.2. The molecule has 0 fully saturated rings. The van der Waals surface area contributed by atoms with Crippen molar-refractivity contribution in [3.05, 3.63) is 29.8 Å². The van der Waals surface area contributed by atoms with Gasteiger partial charge in [-0.15, -0.1) is 0 Å². The van der Waals surface area contributed by atoms with Gasteiger partial charge in [-0.2, -0.15) is 0 Å². The number of anilines is 1. The number of aliphatic carboxylic acids is 1. The average molecular weight is 266 g/mol.